The van der Waals surface area contributed by atoms with E-state index in [2.05, 4.69) is 26.3 Å². The van der Waals surface area contributed by atoms with Gasteiger partial charge in [-0.3, -0.25) is 9.88 Å². The molecular formula is C12H19N5O. The van der Waals surface area contributed by atoms with Crippen LogP contribution in [0.25, 0.3) is 0 Å². The third kappa shape index (κ3) is 5.08. The van der Waals surface area contributed by atoms with Crippen molar-refractivity contribution in [2.45, 2.75) is 13.0 Å². The van der Waals surface area contributed by atoms with Gasteiger partial charge < -0.3 is 10.1 Å². The van der Waals surface area contributed by atoms with Crippen LogP contribution in [-0.2, 0) is 11.3 Å². The van der Waals surface area contributed by atoms with Crippen LogP contribution in [0.5, 0.6) is 0 Å². The van der Waals surface area contributed by atoms with Crippen molar-refractivity contribution in [2.75, 3.05) is 39.2 Å². The molecule has 1 aromatic rings. The van der Waals surface area contributed by atoms with Gasteiger partial charge in [-0.1, -0.05) is 0 Å². The molecule has 0 bridgehead atoms. The second kappa shape index (κ2) is 8.39. The molecule has 1 rings (SSSR count). The summed E-state index contributed by atoms with van der Waals surface area (Å²) in [5.41, 5.74) is 0.892. The maximum atomic E-state index is 8.63. The number of rotatable bonds is 8. The summed E-state index contributed by atoms with van der Waals surface area (Å²) >= 11 is 0. The maximum Gasteiger partial charge on any atom is 0.144 e. The topological polar surface area (TPSA) is 74.1 Å². The molecule has 6 heteroatoms. The molecule has 0 spiro atoms. The molecule has 0 amide bonds. The molecule has 0 saturated carbocycles. The van der Waals surface area contributed by atoms with Gasteiger partial charge in [-0.15, -0.1) is 0 Å². The summed E-state index contributed by atoms with van der Waals surface area (Å²) < 4.78 is 5.06. The van der Waals surface area contributed by atoms with Crippen molar-refractivity contribution in [3.63, 3.8) is 0 Å². The number of hydrogen-bond donors (Lipinski definition) is 1. The van der Waals surface area contributed by atoms with E-state index in [0.29, 0.717) is 19.6 Å². The molecule has 0 fully saturated rings. The molecule has 98 valence electrons. The Morgan fingerprint density at radius 3 is 2.78 bits per heavy atom. The molecule has 1 heterocycles. The Kier molecular flexibility index (Phi) is 6.69. The number of anilines is 1. The van der Waals surface area contributed by atoms with Crippen molar-refractivity contribution < 1.29 is 4.74 Å². The van der Waals surface area contributed by atoms with Crippen LogP contribution in [0.1, 0.15) is 12.1 Å². The van der Waals surface area contributed by atoms with E-state index in [-0.39, 0.29) is 0 Å². The number of nitrogens with zero attached hydrogens (tertiary/aromatic N) is 4. The van der Waals surface area contributed by atoms with Gasteiger partial charge in [0.25, 0.3) is 0 Å². The maximum absolute atomic E-state index is 8.63. The van der Waals surface area contributed by atoms with Crippen LogP contribution in [-0.4, -0.2) is 48.7 Å². The van der Waals surface area contributed by atoms with E-state index in [1.807, 2.05) is 7.05 Å². The summed E-state index contributed by atoms with van der Waals surface area (Å²) in [5, 5.41) is 11.6. The van der Waals surface area contributed by atoms with E-state index in [4.69, 9.17) is 10.00 Å². The molecule has 0 aliphatic rings. The van der Waals surface area contributed by atoms with Crippen LogP contribution in [0.3, 0.4) is 0 Å². The van der Waals surface area contributed by atoms with Crippen LogP contribution < -0.4 is 5.32 Å². The van der Waals surface area contributed by atoms with Gasteiger partial charge in [0, 0.05) is 40.2 Å². The first-order valence-corrected chi connectivity index (χ1v) is 5.87. The highest BCUT2D eigenvalue weighted by molar-refractivity contribution is 5.29. The van der Waals surface area contributed by atoms with Gasteiger partial charge in [0.2, 0.25) is 0 Å². The summed E-state index contributed by atoms with van der Waals surface area (Å²) in [5.74, 6) is 0.749. The minimum atomic E-state index is 0.506. The molecule has 18 heavy (non-hydrogen) atoms. The van der Waals surface area contributed by atoms with Gasteiger partial charge in [-0.2, -0.15) is 5.26 Å². The Morgan fingerprint density at radius 2 is 2.22 bits per heavy atom. The Balaban J connectivity index is 2.54. The Morgan fingerprint density at radius 1 is 1.39 bits per heavy atom. The van der Waals surface area contributed by atoms with Gasteiger partial charge in [-0.25, -0.2) is 4.98 Å². The molecule has 1 N–H and O–H groups in total. The van der Waals surface area contributed by atoms with E-state index >= 15 is 0 Å². The van der Waals surface area contributed by atoms with Gasteiger partial charge in [-0.05, 0) is 0 Å². The minimum absolute atomic E-state index is 0.506. The van der Waals surface area contributed by atoms with E-state index in [9.17, 15) is 0 Å². The summed E-state index contributed by atoms with van der Waals surface area (Å²) in [6.07, 6.45) is 3.96. The van der Waals surface area contributed by atoms with Crippen molar-refractivity contribution >= 4 is 5.82 Å². The van der Waals surface area contributed by atoms with Gasteiger partial charge in [0.15, 0.2) is 0 Å². The fourth-order valence-corrected chi connectivity index (χ4v) is 1.49. The van der Waals surface area contributed by atoms with Crippen LogP contribution >= 0.6 is 0 Å². The highest BCUT2D eigenvalue weighted by Gasteiger charge is 2.07. The molecule has 1 aromatic heterocycles. The van der Waals surface area contributed by atoms with Crippen molar-refractivity contribution in [1.82, 2.24) is 14.9 Å². The lowest BCUT2D eigenvalue weighted by atomic mass is 10.3. The van der Waals surface area contributed by atoms with E-state index < -0.39 is 0 Å². The molecular weight excluding hydrogens is 230 g/mol. The minimum Gasteiger partial charge on any atom is -0.383 e. The first-order chi connectivity index (χ1) is 8.80. The van der Waals surface area contributed by atoms with Crippen LogP contribution in [0.2, 0.25) is 0 Å². The molecule has 0 atom stereocenters. The van der Waals surface area contributed by atoms with Crippen LogP contribution in [0.4, 0.5) is 5.82 Å². The zero-order valence-electron chi connectivity index (χ0n) is 10.9. The summed E-state index contributed by atoms with van der Waals surface area (Å²) in [6.45, 7) is 2.83. The molecule has 0 saturated heterocycles. The summed E-state index contributed by atoms with van der Waals surface area (Å²) in [6, 6.07) is 2.15. The monoisotopic (exact) mass is 249 g/mol. The highest BCUT2D eigenvalue weighted by atomic mass is 16.5. The fraction of sp³-hybridized carbons (Fsp3) is 0.583. The van der Waals surface area contributed by atoms with Gasteiger partial charge in [0.05, 0.1) is 30.8 Å². The summed E-state index contributed by atoms with van der Waals surface area (Å²) in [7, 11) is 3.48. The second-order valence-corrected chi connectivity index (χ2v) is 3.82. The van der Waals surface area contributed by atoms with Crippen molar-refractivity contribution in [1.29, 1.82) is 5.26 Å². The van der Waals surface area contributed by atoms with Crippen LogP contribution in [0, 0.1) is 11.3 Å². The normalized spacial score (nSPS) is 10.3. The zero-order valence-corrected chi connectivity index (χ0v) is 10.9. The molecule has 0 aromatic carbocycles. The average Bonchev–Trinajstić information content (AvgIpc) is 2.42. The fourth-order valence-electron chi connectivity index (χ4n) is 1.49. The van der Waals surface area contributed by atoms with E-state index in [1.54, 1.807) is 19.5 Å². The second-order valence-electron chi connectivity index (χ2n) is 3.82. The molecule has 6 nitrogen and oxygen atoms in total. The number of nitrogens with one attached hydrogen (secondary N) is 1. The number of aromatic nitrogens is 2. The van der Waals surface area contributed by atoms with Crippen molar-refractivity contribution in [3.8, 4) is 6.07 Å². The quantitative estimate of drug-likeness (QED) is 0.737. The number of ether oxygens (including phenoxy) is 1. The lowest BCUT2D eigenvalue weighted by Gasteiger charge is -2.20. The first kappa shape index (κ1) is 14.4. The molecule has 0 aliphatic carbocycles. The lowest BCUT2D eigenvalue weighted by Crippen LogP contribution is -2.28. The standard InChI is InChI=1S/C12H19N5O/c1-14-12-9-15-11(8-16-12)10-17(5-3-4-13)6-7-18-2/h8-9H,3,5-7,10H2,1-2H3,(H,14,16). The predicted molar refractivity (Wildman–Crippen MR) is 69.0 cm³/mol. The number of hydrogen-bond acceptors (Lipinski definition) is 6. The third-order valence-corrected chi connectivity index (χ3v) is 2.50. The van der Waals surface area contributed by atoms with Crippen molar-refractivity contribution in [2.24, 2.45) is 0 Å². The molecule has 0 unspecified atom stereocenters. The Labute approximate surface area is 108 Å². The van der Waals surface area contributed by atoms with Gasteiger partial charge >= 0.3 is 0 Å². The van der Waals surface area contributed by atoms with Crippen molar-refractivity contribution in [3.05, 3.63) is 18.1 Å². The predicted octanol–water partition coefficient (Wildman–Crippen LogP) is 0.880. The Bertz CT molecular complexity index is 373. The third-order valence-electron chi connectivity index (χ3n) is 2.50. The largest absolute Gasteiger partial charge is 0.383 e. The highest BCUT2D eigenvalue weighted by Crippen LogP contribution is 2.04. The summed E-state index contributed by atoms with van der Waals surface area (Å²) in [4.78, 5) is 10.7. The zero-order chi connectivity index (χ0) is 13.2. The SMILES string of the molecule is CNc1cnc(CN(CCC#N)CCOC)cn1. The smallest absolute Gasteiger partial charge is 0.144 e. The molecule has 0 radical (unpaired) electrons. The van der Waals surface area contributed by atoms with E-state index in [0.717, 1.165) is 24.6 Å². The molecule has 0 aliphatic heterocycles. The average molecular weight is 249 g/mol. The van der Waals surface area contributed by atoms with Gasteiger partial charge in [0.1, 0.15) is 5.82 Å². The number of nitriles is 1. The first-order valence-electron chi connectivity index (χ1n) is 5.87. The Hall–Kier alpha value is -1.71. The van der Waals surface area contributed by atoms with E-state index in [1.165, 1.54) is 0 Å². The van der Waals surface area contributed by atoms with Crippen LogP contribution in [0.15, 0.2) is 12.4 Å². The number of methoxy groups -OCH3 is 1. The lowest BCUT2D eigenvalue weighted by molar-refractivity contribution is 0.144.